The molecule has 0 bridgehead atoms. The predicted octanol–water partition coefficient (Wildman–Crippen LogP) is 3.10. The molecule has 21 heavy (non-hydrogen) atoms. The van der Waals surface area contributed by atoms with E-state index >= 15 is 0 Å². The van der Waals surface area contributed by atoms with Gasteiger partial charge in [-0.05, 0) is 43.9 Å². The molecule has 0 aromatic heterocycles. The third-order valence-corrected chi connectivity index (χ3v) is 4.18. The fourth-order valence-electron chi connectivity index (χ4n) is 2.67. The zero-order chi connectivity index (χ0) is 15.2. The smallest absolute Gasteiger partial charge is 0.126 e. The van der Waals surface area contributed by atoms with Crippen LogP contribution in [0, 0.1) is 12.7 Å². The summed E-state index contributed by atoms with van der Waals surface area (Å²) >= 11 is 0. The van der Waals surface area contributed by atoms with E-state index in [0.717, 1.165) is 18.4 Å². The van der Waals surface area contributed by atoms with Crippen molar-refractivity contribution in [3.05, 3.63) is 35.1 Å². The van der Waals surface area contributed by atoms with Crippen molar-refractivity contribution < 1.29 is 14.2 Å². The first kappa shape index (κ1) is 16.4. The van der Waals surface area contributed by atoms with Gasteiger partial charge in [0.1, 0.15) is 5.82 Å². The monoisotopic (exact) mass is 295 g/mol. The third-order valence-electron chi connectivity index (χ3n) is 4.18. The Hall–Kier alpha value is -0.970. The Bertz CT molecular complexity index is 446. The molecule has 3 nitrogen and oxygen atoms in total. The Morgan fingerprint density at radius 3 is 2.76 bits per heavy atom. The Morgan fingerprint density at radius 2 is 2.10 bits per heavy atom. The summed E-state index contributed by atoms with van der Waals surface area (Å²) in [5.41, 5.74) is 1.54. The van der Waals surface area contributed by atoms with Gasteiger partial charge in [0, 0.05) is 12.6 Å². The first-order valence-electron chi connectivity index (χ1n) is 7.85. The van der Waals surface area contributed by atoms with Crippen molar-refractivity contribution in [2.45, 2.75) is 57.8 Å². The molecular formula is C17H26FNO2. The molecule has 1 fully saturated rings. The van der Waals surface area contributed by atoms with Crippen LogP contribution in [-0.4, -0.2) is 30.5 Å². The van der Waals surface area contributed by atoms with Crippen LogP contribution in [0.3, 0.4) is 0 Å². The molecule has 0 radical (unpaired) electrons. The lowest BCUT2D eigenvalue weighted by atomic mass is 10.1. The van der Waals surface area contributed by atoms with E-state index in [-0.39, 0.29) is 11.9 Å². The number of hydrogen-bond acceptors (Lipinski definition) is 3. The maximum atomic E-state index is 13.5. The second-order valence-electron chi connectivity index (χ2n) is 6.03. The van der Waals surface area contributed by atoms with E-state index in [0.29, 0.717) is 24.8 Å². The normalized spacial score (nSPS) is 18.9. The number of ether oxygens (including phenoxy) is 1. The fourth-order valence-corrected chi connectivity index (χ4v) is 2.67. The van der Waals surface area contributed by atoms with Crippen molar-refractivity contribution in [3.63, 3.8) is 0 Å². The Balaban J connectivity index is 1.71. The van der Waals surface area contributed by atoms with Crippen molar-refractivity contribution in [1.29, 1.82) is 0 Å². The molecule has 0 saturated heterocycles. The summed E-state index contributed by atoms with van der Waals surface area (Å²) in [6.07, 6.45) is 4.48. The van der Waals surface area contributed by atoms with E-state index < -0.39 is 6.10 Å². The van der Waals surface area contributed by atoms with Gasteiger partial charge in [0.25, 0.3) is 0 Å². The maximum absolute atomic E-state index is 13.5. The van der Waals surface area contributed by atoms with E-state index in [9.17, 15) is 9.50 Å². The van der Waals surface area contributed by atoms with Crippen LogP contribution >= 0.6 is 0 Å². The maximum Gasteiger partial charge on any atom is 0.126 e. The molecule has 2 N–H and O–H groups in total. The standard InChI is InChI=1S/C17H26FNO2/c1-12-7-8-14(9-17(12)18)13(2)19-10-15(20)11-21-16-5-3-4-6-16/h7-9,13,15-16,19-20H,3-6,10-11H2,1-2H3. The minimum absolute atomic E-state index is 0.00114. The van der Waals surface area contributed by atoms with E-state index in [2.05, 4.69) is 5.32 Å². The molecular weight excluding hydrogens is 269 g/mol. The lowest BCUT2D eigenvalue weighted by molar-refractivity contribution is -0.00610. The van der Waals surface area contributed by atoms with Crippen LogP contribution in [0.15, 0.2) is 18.2 Å². The van der Waals surface area contributed by atoms with Gasteiger partial charge in [0.2, 0.25) is 0 Å². The first-order chi connectivity index (χ1) is 10.1. The quantitative estimate of drug-likeness (QED) is 0.812. The molecule has 0 heterocycles. The first-order valence-corrected chi connectivity index (χ1v) is 7.85. The molecule has 2 unspecified atom stereocenters. The van der Waals surface area contributed by atoms with Crippen molar-refractivity contribution >= 4 is 0 Å². The summed E-state index contributed by atoms with van der Waals surface area (Å²) in [5.74, 6) is -0.189. The molecule has 0 amide bonds. The van der Waals surface area contributed by atoms with Gasteiger partial charge in [-0.25, -0.2) is 4.39 Å². The van der Waals surface area contributed by atoms with Crippen LogP contribution in [0.1, 0.15) is 49.8 Å². The Kier molecular flexibility index (Phi) is 6.15. The topological polar surface area (TPSA) is 41.5 Å². The number of nitrogens with one attached hydrogen (secondary N) is 1. The molecule has 1 aromatic carbocycles. The number of aliphatic hydroxyl groups is 1. The highest BCUT2D eigenvalue weighted by molar-refractivity contribution is 5.25. The zero-order valence-electron chi connectivity index (χ0n) is 12.9. The lowest BCUT2D eigenvalue weighted by Gasteiger charge is -2.19. The van der Waals surface area contributed by atoms with Crippen LogP contribution in [0.4, 0.5) is 4.39 Å². The van der Waals surface area contributed by atoms with Gasteiger partial charge < -0.3 is 15.2 Å². The fraction of sp³-hybridized carbons (Fsp3) is 0.647. The molecule has 118 valence electrons. The van der Waals surface area contributed by atoms with E-state index in [1.165, 1.54) is 12.8 Å². The van der Waals surface area contributed by atoms with Gasteiger partial charge in [-0.2, -0.15) is 0 Å². The summed E-state index contributed by atoms with van der Waals surface area (Å²) in [6.45, 7) is 4.53. The van der Waals surface area contributed by atoms with E-state index in [1.807, 2.05) is 13.0 Å². The molecule has 0 aliphatic heterocycles. The Morgan fingerprint density at radius 1 is 1.38 bits per heavy atom. The van der Waals surface area contributed by atoms with Crippen molar-refractivity contribution in [1.82, 2.24) is 5.32 Å². The molecule has 1 saturated carbocycles. The highest BCUT2D eigenvalue weighted by atomic mass is 19.1. The number of benzene rings is 1. The zero-order valence-corrected chi connectivity index (χ0v) is 12.9. The summed E-state index contributed by atoms with van der Waals surface area (Å²) in [5, 5.41) is 13.2. The second kappa shape index (κ2) is 7.87. The molecule has 2 atom stereocenters. The van der Waals surface area contributed by atoms with E-state index in [4.69, 9.17) is 4.74 Å². The molecule has 2 rings (SSSR count). The predicted molar refractivity (Wildman–Crippen MR) is 81.8 cm³/mol. The SMILES string of the molecule is Cc1ccc(C(C)NCC(O)COC2CCCC2)cc1F. The number of halogens is 1. The van der Waals surface area contributed by atoms with Crippen LogP contribution in [0.5, 0.6) is 0 Å². The number of rotatable bonds is 7. The summed E-state index contributed by atoms with van der Waals surface area (Å²) < 4.78 is 19.2. The largest absolute Gasteiger partial charge is 0.389 e. The van der Waals surface area contributed by atoms with Gasteiger partial charge in [-0.1, -0.05) is 25.0 Å². The number of aryl methyl sites for hydroxylation is 1. The van der Waals surface area contributed by atoms with Gasteiger partial charge in [-0.3, -0.25) is 0 Å². The highest BCUT2D eigenvalue weighted by Crippen LogP contribution is 2.21. The lowest BCUT2D eigenvalue weighted by Crippen LogP contribution is -2.33. The molecule has 1 aromatic rings. The summed E-state index contributed by atoms with van der Waals surface area (Å²) in [4.78, 5) is 0. The average Bonchev–Trinajstić information content (AvgIpc) is 2.98. The molecule has 4 heteroatoms. The number of aliphatic hydroxyl groups excluding tert-OH is 1. The minimum atomic E-state index is -0.525. The molecule has 0 spiro atoms. The van der Waals surface area contributed by atoms with Crippen molar-refractivity contribution in [2.24, 2.45) is 0 Å². The van der Waals surface area contributed by atoms with Crippen molar-refractivity contribution in [2.75, 3.05) is 13.2 Å². The minimum Gasteiger partial charge on any atom is -0.389 e. The van der Waals surface area contributed by atoms with Gasteiger partial charge in [0.05, 0.1) is 18.8 Å². The Labute approximate surface area is 126 Å². The summed E-state index contributed by atoms with van der Waals surface area (Å²) in [7, 11) is 0. The van der Waals surface area contributed by atoms with Crippen LogP contribution < -0.4 is 5.32 Å². The molecule has 1 aliphatic rings. The average molecular weight is 295 g/mol. The highest BCUT2D eigenvalue weighted by Gasteiger charge is 2.17. The van der Waals surface area contributed by atoms with Gasteiger partial charge in [-0.15, -0.1) is 0 Å². The van der Waals surface area contributed by atoms with Gasteiger partial charge in [0.15, 0.2) is 0 Å². The van der Waals surface area contributed by atoms with Crippen LogP contribution in [0.25, 0.3) is 0 Å². The van der Waals surface area contributed by atoms with Crippen molar-refractivity contribution in [3.8, 4) is 0 Å². The van der Waals surface area contributed by atoms with Crippen LogP contribution in [0.2, 0.25) is 0 Å². The van der Waals surface area contributed by atoms with Gasteiger partial charge >= 0.3 is 0 Å². The second-order valence-corrected chi connectivity index (χ2v) is 6.03. The summed E-state index contributed by atoms with van der Waals surface area (Å²) in [6, 6.07) is 5.25. The van der Waals surface area contributed by atoms with Crippen LogP contribution in [-0.2, 0) is 4.74 Å². The molecule has 1 aliphatic carbocycles. The number of hydrogen-bond donors (Lipinski definition) is 2. The third kappa shape index (κ3) is 5.06. The van der Waals surface area contributed by atoms with E-state index in [1.54, 1.807) is 19.1 Å².